The highest BCUT2D eigenvalue weighted by Crippen LogP contribution is 2.40. The molecule has 2 fully saturated rings. The van der Waals surface area contributed by atoms with Crippen LogP contribution in [0.2, 0.25) is 0 Å². The van der Waals surface area contributed by atoms with Crippen molar-refractivity contribution in [2.45, 2.75) is 70.9 Å². The average Bonchev–Trinajstić information content (AvgIpc) is 3.26. The molecule has 1 saturated heterocycles. The van der Waals surface area contributed by atoms with Gasteiger partial charge in [-0.05, 0) is 56.7 Å². The molecule has 4 nitrogen and oxygen atoms in total. The van der Waals surface area contributed by atoms with Crippen molar-refractivity contribution in [1.82, 2.24) is 10.3 Å². The first-order chi connectivity index (χ1) is 12.0. The molecule has 2 aliphatic rings. The van der Waals surface area contributed by atoms with E-state index in [9.17, 15) is 4.79 Å². The number of benzene rings is 1. The van der Waals surface area contributed by atoms with Crippen molar-refractivity contribution in [2.24, 2.45) is 0 Å². The molecule has 134 valence electrons. The van der Waals surface area contributed by atoms with Gasteiger partial charge in [0.2, 0.25) is 5.91 Å². The van der Waals surface area contributed by atoms with E-state index in [2.05, 4.69) is 43.2 Å². The number of aromatic nitrogens is 1. The quantitative estimate of drug-likeness (QED) is 0.891. The van der Waals surface area contributed by atoms with Crippen molar-refractivity contribution in [3.05, 3.63) is 34.5 Å². The van der Waals surface area contributed by atoms with Gasteiger partial charge in [-0.1, -0.05) is 25.0 Å². The number of carbonyl (C=O) groups excluding carboxylic acids is 1. The molecule has 1 aromatic heterocycles. The fraction of sp³-hybridized carbons (Fsp3) is 0.571. The molecule has 4 heteroatoms. The third-order valence-electron chi connectivity index (χ3n) is 6.12. The van der Waals surface area contributed by atoms with Crippen LogP contribution >= 0.6 is 0 Å². The van der Waals surface area contributed by atoms with Gasteiger partial charge in [-0.2, -0.15) is 0 Å². The van der Waals surface area contributed by atoms with Gasteiger partial charge >= 0.3 is 0 Å². The molecule has 1 saturated carbocycles. The third-order valence-corrected chi connectivity index (χ3v) is 6.12. The number of rotatable bonds is 3. The summed E-state index contributed by atoms with van der Waals surface area (Å²) in [5.41, 5.74) is 5.89. The Kier molecular flexibility index (Phi) is 4.11. The minimum absolute atomic E-state index is 0.0579. The van der Waals surface area contributed by atoms with Gasteiger partial charge in [0, 0.05) is 16.6 Å². The molecule has 1 spiro atoms. The topological polar surface area (TPSA) is 54.1 Å². The van der Waals surface area contributed by atoms with E-state index in [0.717, 1.165) is 36.0 Å². The summed E-state index contributed by atoms with van der Waals surface area (Å²) in [4.78, 5) is 16.2. The molecule has 0 radical (unpaired) electrons. The number of amides is 1. The Morgan fingerprint density at radius 3 is 2.72 bits per heavy atom. The molecule has 4 rings (SSSR count). The molecule has 2 aromatic rings. The van der Waals surface area contributed by atoms with Crippen molar-refractivity contribution in [3.8, 4) is 0 Å². The lowest BCUT2D eigenvalue weighted by Gasteiger charge is -2.21. The van der Waals surface area contributed by atoms with E-state index in [4.69, 9.17) is 4.74 Å². The fourth-order valence-corrected chi connectivity index (χ4v) is 4.78. The number of ether oxygens (including phenoxy) is 1. The van der Waals surface area contributed by atoms with Crippen molar-refractivity contribution in [2.75, 3.05) is 6.61 Å². The Labute approximate surface area is 149 Å². The Morgan fingerprint density at radius 1 is 1.24 bits per heavy atom. The number of aryl methyl sites for hydroxylation is 3. The van der Waals surface area contributed by atoms with Crippen molar-refractivity contribution < 1.29 is 9.53 Å². The smallest absolute Gasteiger partial charge is 0.224 e. The monoisotopic (exact) mass is 340 g/mol. The molecule has 1 aliphatic heterocycles. The van der Waals surface area contributed by atoms with Crippen molar-refractivity contribution in [3.63, 3.8) is 0 Å². The Morgan fingerprint density at radius 2 is 1.96 bits per heavy atom. The van der Waals surface area contributed by atoms with Crippen molar-refractivity contribution in [1.29, 1.82) is 0 Å². The summed E-state index contributed by atoms with van der Waals surface area (Å²) in [5.74, 6) is 0.105. The maximum absolute atomic E-state index is 12.7. The second-order valence-electron chi connectivity index (χ2n) is 8.02. The summed E-state index contributed by atoms with van der Waals surface area (Å²) < 4.78 is 6.06. The Bertz CT molecular complexity index is 815. The van der Waals surface area contributed by atoms with Gasteiger partial charge in [-0.15, -0.1) is 0 Å². The molecule has 1 aromatic carbocycles. The lowest BCUT2D eigenvalue weighted by Crippen LogP contribution is -2.37. The van der Waals surface area contributed by atoms with Crippen LogP contribution in [0.4, 0.5) is 0 Å². The molecule has 1 unspecified atom stereocenters. The summed E-state index contributed by atoms with van der Waals surface area (Å²) in [6.07, 6.45) is 6.23. The summed E-state index contributed by atoms with van der Waals surface area (Å²) in [7, 11) is 0. The summed E-state index contributed by atoms with van der Waals surface area (Å²) in [5, 5.41) is 4.43. The zero-order valence-electron chi connectivity index (χ0n) is 15.5. The lowest BCUT2D eigenvalue weighted by atomic mass is 9.96. The highest BCUT2D eigenvalue weighted by molar-refractivity contribution is 5.93. The number of hydrogen-bond acceptors (Lipinski definition) is 2. The van der Waals surface area contributed by atoms with Gasteiger partial charge in [-0.3, -0.25) is 4.79 Å². The predicted molar refractivity (Wildman–Crippen MR) is 99.9 cm³/mol. The van der Waals surface area contributed by atoms with Gasteiger partial charge in [0.05, 0.1) is 24.7 Å². The minimum atomic E-state index is 0.0579. The second-order valence-corrected chi connectivity index (χ2v) is 8.02. The number of nitrogens with one attached hydrogen (secondary N) is 2. The standard InChI is InChI=1S/C21H28N2O2/c1-13-6-7-14(2)20-19(13)17(15(3)22-20)10-18(24)23-16-11-21(25-12-16)8-4-5-9-21/h6-7,16,22H,4-5,8-12H2,1-3H3,(H,23,24). The summed E-state index contributed by atoms with van der Waals surface area (Å²) in [6, 6.07) is 4.44. The van der Waals surface area contributed by atoms with Crippen LogP contribution in [0.25, 0.3) is 10.9 Å². The average molecular weight is 340 g/mol. The van der Waals surface area contributed by atoms with Crippen LogP contribution in [0, 0.1) is 20.8 Å². The van der Waals surface area contributed by atoms with Gasteiger partial charge < -0.3 is 15.0 Å². The van der Waals surface area contributed by atoms with Crippen LogP contribution in [0.5, 0.6) is 0 Å². The number of aromatic amines is 1. The summed E-state index contributed by atoms with van der Waals surface area (Å²) in [6.45, 7) is 6.95. The van der Waals surface area contributed by atoms with E-state index < -0.39 is 0 Å². The van der Waals surface area contributed by atoms with Crippen LogP contribution < -0.4 is 5.32 Å². The van der Waals surface area contributed by atoms with E-state index in [-0.39, 0.29) is 17.6 Å². The first-order valence-electron chi connectivity index (χ1n) is 9.48. The normalized spacial score (nSPS) is 22.1. The first-order valence-corrected chi connectivity index (χ1v) is 9.48. The molecule has 0 bridgehead atoms. The number of hydrogen-bond donors (Lipinski definition) is 2. The predicted octanol–water partition coefficient (Wildman–Crippen LogP) is 3.85. The van der Waals surface area contributed by atoms with Crippen molar-refractivity contribution >= 4 is 16.8 Å². The Balaban J connectivity index is 1.49. The van der Waals surface area contributed by atoms with Gasteiger partial charge in [0.15, 0.2) is 0 Å². The van der Waals surface area contributed by atoms with Gasteiger partial charge in [0.1, 0.15) is 0 Å². The van der Waals surface area contributed by atoms with E-state index >= 15 is 0 Å². The highest BCUT2D eigenvalue weighted by atomic mass is 16.5. The van der Waals surface area contributed by atoms with Crippen LogP contribution in [0.3, 0.4) is 0 Å². The molecule has 1 amide bonds. The van der Waals surface area contributed by atoms with Crippen LogP contribution in [-0.4, -0.2) is 29.1 Å². The van der Waals surface area contributed by atoms with Crippen LogP contribution in [-0.2, 0) is 16.0 Å². The Hall–Kier alpha value is -1.81. The fourth-order valence-electron chi connectivity index (χ4n) is 4.78. The highest BCUT2D eigenvalue weighted by Gasteiger charge is 2.42. The zero-order chi connectivity index (χ0) is 17.6. The molecule has 25 heavy (non-hydrogen) atoms. The zero-order valence-corrected chi connectivity index (χ0v) is 15.5. The molecule has 1 atom stereocenters. The van der Waals surface area contributed by atoms with Crippen LogP contribution in [0.15, 0.2) is 12.1 Å². The van der Waals surface area contributed by atoms with E-state index in [1.165, 1.54) is 29.4 Å². The third kappa shape index (κ3) is 2.97. The number of H-pyrrole nitrogens is 1. The van der Waals surface area contributed by atoms with E-state index in [1.807, 2.05) is 0 Å². The first kappa shape index (κ1) is 16.6. The SMILES string of the molecule is Cc1[nH]c2c(C)ccc(C)c2c1CC(=O)NC1COC2(CCCC2)C1. The second kappa shape index (κ2) is 6.17. The van der Waals surface area contributed by atoms with Gasteiger partial charge in [0.25, 0.3) is 0 Å². The van der Waals surface area contributed by atoms with E-state index in [0.29, 0.717) is 13.0 Å². The molecular formula is C21H28N2O2. The maximum Gasteiger partial charge on any atom is 0.224 e. The van der Waals surface area contributed by atoms with Crippen LogP contribution in [0.1, 0.15) is 54.5 Å². The molecule has 2 heterocycles. The molecule has 2 N–H and O–H groups in total. The lowest BCUT2D eigenvalue weighted by molar-refractivity contribution is -0.121. The summed E-state index contributed by atoms with van der Waals surface area (Å²) >= 11 is 0. The number of fused-ring (bicyclic) bond motifs is 1. The van der Waals surface area contributed by atoms with Gasteiger partial charge in [-0.25, -0.2) is 0 Å². The van der Waals surface area contributed by atoms with E-state index in [1.54, 1.807) is 0 Å². The maximum atomic E-state index is 12.7. The molecular weight excluding hydrogens is 312 g/mol. The number of carbonyl (C=O) groups is 1. The molecule has 1 aliphatic carbocycles. The minimum Gasteiger partial charge on any atom is -0.373 e. The largest absolute Gasteiger partial charge is 0.373 e.